The van der Waals surface area contributed by atoms with Gasteiger partial charge >= 0.3 is 11.7 Å². The zero-order chi connectivity index (χ0) is 14.3. The predicted octanol–water partition coefficient (Wildman–Crippen LogP) is -0.0836. The van der Waals surface area contributed by atoms with E-state index < -0.39 is 10.9 Å². The fourth-order valence-electron chi connectivity index (χ4n) is 1.53. The number of hydrogen-bond donors (Lipinski definition) is 1. The molecule has 0 aliphatic heterocycles. The Hall–Kier alpha value is -3.37. The number of aromatic carboxylic acids is 1. The second-order valence-corrected chi connectivity index (χ2v) is 3.70. The number of nitro groups is 1. The number of fused-ring (bicyclic) bond motifs is 1. The van der Waals surface area contributed by atoms with Gasteiger partial charge in [0, 0.05) is 0 Å². The van der Waals surface area contributed by atoms with Gasteiger partial charge in [0.05, 0.1) is 17.3 Å². The van der Waals surface area contributed by atoms with Crippen molar-refractivity contribution in [3.8, 4) is 5.69 Å². The lowest BCUT2D eigenvalue weighted by Crippen LogP contribution is -2.01. The Morgan fingerprint density at radius 1 is 1.35 bits per heavy atom. The monoisotopic (exact) mass is 275 g/mol. The molecular formula is C9H5N7O4. The Bertz CT molecular complexity index is 836. The van der Waals surface area contributed by atoms with Gasteiger partial charge in [-0.2, -0.15) is 10.1 Å². The summed E-state index contributed by atoms with van der Waals surface area (Å²) in [5.41, 5.74) is 0.211. The summed E-state index contributed by atoms with van der Waals surface area (Å²) >= 11 is 0. The van der Waals surface area contributed by atoms with Crippen molar-refractivity contribution in [3.05, 3.63) is 40.7 Å². The van der Waals surface area contributed by atoms with Crippen LogP contribution in [0.3, 0.4) is 0 Å². The van der Waals surface area contributed by atoms with Crippen molar-refractivity contribution in [1.29, 1.82) is 0 Å². The van der Waals surface area contributed by atoms with E-state index in [1.807, 2.05) is 0 Å². The highest BCUT2D eigenvalue weighted by atomic mass is 16.6. The van der Waals surface area contributed by atoms with Gasteiger partial charge in [-0.25, -0.2) is 19.0 Å². The molecule has 100 valence electrons. The molecule has 11 nitrogen and oxygen atoms in total. The quantitative estimate of drug-likeness (QED) is 0.516. The normalized spacial score (nSPS) is 10.8. The summed E-state index contributed by atoms with van der Waals surface area (Å²) in [7, 11) is 0. The Labute approximate surface area is 109 Å². The standard InChI is InChI=1S/C9H5N7O4/c17-8(18)7-12-9-10-1-5(3-15(9)13-7)14-4-6(2-11-14)16(19)20/h1-4H,(H,17,18). The third kappa shape index (κ3) is 1.82. The van der Waals surface area contributed by atoms with E-state index in [9.17, 15) is 14.9 Å². The molecule has 0 spiro atoms. The van der Waals surface area contributed by atoms with Crippen LogP contribution in [0.4, 0.5) is 5.69 Å². The summed E-state index contributed by atoms with van der Waals surface area (Å²) < 4.78 is 2.39. The van der Waals surface area contributed by atoms with E-state index in [1.54, 1.807) is 0 Å². The molecule has 0 radical (unpaired) electrons. The first kappa shape index (κ1) is 11.7. The Morgan fingerprint density at radius 2 is 2.15 bits per heavy atom. The average molecular weight is 275 g/mol. The lowest BCUT2D eigenvalue weighted by atomic mass is 10.5. The average Bonchev–Trinajstić information content (AvgIpc) is 3.04. The number of carbonyl (C=O) groups is 1. The highest BCUT2D eigenvalue weighted by molar-refractivity contribution is 5.83. The summed E-state index contributed by atoms with van der Waals surface area (Å²) in [5.74, 6) is -1.55. The van der Waals surface area contributed by atoms with Crippen LogP contribution in [0.2, 0.25) is 0 Å². The van der Waals surface area contributed by atoms with Gasteiger partial charge in [-0.3, -0.25) is 10.1 Å². The van der Waals surface area contributed by atoms with Gasteiger partial charge in [-0.1, -0.05) is 0 Å². The summed E-state index contributed by atoms with van der Waals surface area (Å²) in [6, 6.07) is 0. The highest BCUT2D eigenvalue weighted by Crippen LogP contribution is 2.13. The maximum absolute atomic E-state index is 10.7. The molecule has 3 aromatic rings. The first-order valence-corrected chi connectivity index (χ1v) is 5.20. The number of aromatic nitrogens is 6. The van der Waals surface area contributed by atoms with Gasteiger partial charge in [0.2, 0.25) is 0 Å². The van der Waals surface area contributed by atoms with Gasteiger partial charge in [0.25, 0.3) is 11.6 Å². The largest absolute Gasteiger partial charge is 0.475 e. The van der Waals surface area contributed by atoms with Crippen LogP contribution in [0.5, 0.6) is 0 Å². The fraction of sp³-hybridized carbons (Fsp3) is 0. The van der Waals surface area contributed by atoms with Crippen LogP contribution in [0.1, 0.15) is 10.6 Å². The van der Waals surface area contributed by atoms with Crippen molar-refractivity contribution in [2.75, 3.05) is 0 Å². The topological polar surface area (TPSA) is 141 Å². The molecule has 3 rings (SSSR count). The second-order valence-electron chi connectivity index (χ2n) is 3.70. The molecule has 0 amide bonds. The van der Waals surface area contributed by atoms with Crippen molar-refractivity contribution >= 4 is 17.4 Å². The first-order valence-electron chi connectivity index (χ1n) is 5.20. The summed E-state index contributed by atoms with van der Waals surface area (Å²) in [4.78, 5) is 28.3. The number of carboxylic acids is 1. The molecule has 0 aliphatic rings. The van der Waals surface area contributed by atoms with Gasteiger partial charge in [0.15, 0.2) is 0 Å². The first-order chi connectivity index (χ1) is 9.54. The van der Waals surface area contributed by atoms with Crippen LogP contribution in [0, 0.1) is 10.1 Å². The van der Waals surface area contributed by atoms with Crippen molar-refractivity contribution in [3.63, 3.8) is 0 Å². The summed E-state index contributed by atoms with van der Waals surface area (Å²) in [6.07, 6.45) is 5.07. The molecule has 0 fully saturated rings. The van der Waals surface area contributed by atoms with E-state index in [2.05, 4.69) is 20.2 Å². The van der Waals surface area contributed by atoms with E-state index in [-0.39, 0.29) is 17.3 Å². The molecule has 11 heteroatoms. The third-order valence-corrected chi connectivity index (χ3v) is 2.42. The second kappa shape index (κ2) is 4.08. The number of rotatable bonds is 3. The zero-order valence-corrected chi connectivity index (χ0v) is 9.61. The van der Waals surface area contributed by atoms with Gasteiger partial charge in [-0.05, 0) is 0 Å². The van der Waals surface area contributed by atoms with Gasteiger partial charge < -0.3 is 5.11 Å². The third-order valence-electron chi connectivity index (χ3n) is 2.42. The minimum atomic E-state index is -1.27. The number of hydrogen-bond acceptors (Lipinski definition) is 7. The molecule has 0 aromatic carbocycles. The lowest BCUT2D eigenvalue weighted by molar-refractivity contribution is -0.384. The maximum atomic E-state index is 10.7. The molecule has 0 unspecified atom stereocenters. The van der Waals surface area contributed by atoms with Crippen molar-refractivity contribution in [2.24, 2.45) is 0 Å². The van der Waals surface area contributed by atoms with E-state index in [1.165, 1.54) is 23.3 Å². The molecule has 3 heterocycles. The number of nitrogens with zero attached hydrogens (tertiary/aromatic N) is 7. The molecule has 20 heavy (non-hydrogen) atoms. The molecule has 0 saturated carbocycles. The van der Waals surface area contributed by atoms with Crippen molar-refractivity contribution in [1.82, 2.24) is 29.4 Å². The summed E-state index contributed by atoms with van der Waals surface area (Å²) in [5, 5.41) is 26.9. The van der Waals surface area contributed by atoms with Crippen LogP contribution in [0.15, 0.2) is 24.8 Å². The Balaban J connectivity index is 2.07. The number of carboxylic acid groups (broad SMARTS) is 1. The Morgan fingerprint density at radius 3 is 2.80 bits per heavy atom. The zero-order valence-electron chi connectivity index (χ0n) is 9.61. The van der Waals surface area contributed by atoms with Gasteiger partial charge in [-0.15, -0.1) is 5.10 Å². The fourth-order valence-corrected chi connectivity index (χ4v) is 1.53. The van der Waals surface area contributed by atoms with E-state index in [4.69, 9.17) is 5.11 Å². The van der Waals surface area contributed by atoms with Crippen molar-refractivity contribution in [2.45, 2.75) is 0 Å². The lowest BCUT2D eigenvalue weighted by Gasteiger charge is -1.99. The molecule has 0 aliphatic carbocycles. The molecule has 1 N–H and O–H groups in total. The molecule has 0 saturated heterocycles. The molecule has 0 bridgehead atoms. The predicted molar refractivity (Wildman–Crippen MR) is 61.5 cm³/mol. The van der Waals surface area contributed by atoms with Crippen LogP contribution in [-0.4, -0.2) is 45.4 Å². The smallest absolute Gasteiger partial charge is 0.375 e. The van der Waals surface area contributed by atoms with E-state index >= 15 is 0 Å². The minimum Gasteiger partial charge on any atom is -0.475 e. The van der Waals surface area contributed by atoms with Gasteiger partial charge in [0.1, 0.15) is 18.1 Å². The Kier molecular flexibility index (Phi) is 2.39. The molecule has 3 aromatic heterocycles. The minimum absolute atomic E-state index is 0.104. The molecular weight excluding hydrogens is 270 g/mol. The van der Waals surface area contributed by atoms with E-state index in [0.29, 0.717) is 5.69 Å². The van der Waals surface area contributed by atoms with Crippen LogP contribution >= 0.6 is 0 Å². The van der Waals surface area contributed by atoms with E-state index in [0.717, 1.165) is 10.7 Å². The summed E-state index contributed by atoms with van der Waals surface area (Å²) in [6.45, 7) is 0. The highest BCUT2D eigenvalue weighted by Gasteiger charge is 2.14. The molecule has 0 atom stereocenters. The maximum Gasteiger partial charge on any atom is 0.375 e. The van der Waals surface area contributed by atoms with Crippen molar-refractivity contribution < 1.29 is 14.8 Å². The van der Waals surface area contributed by atoms with Crippen LogP contribution in [-0.2, 0) is 0 Å². The van der Waals surface area contributed by atoms with Crippen LogP contribution in [0.25, 0.3) is 11.5 Å². The van der Waals surface area contributed by atoms with Crippen LogP contribution < -0.4 is 0 Å². The SMILES string of the molecule is O=C(O)c1nc2ncc(-n3cc([N+](=O)[O-])cn3)cn2n1.